The van der Waals surface area contributed by atoms with E-state index in [0.717, 1.165) is 6.26 Å². The molecule has 2 aromatic rings. The summed E-state index contributed by atoms with van der Waals surface area (Å²) in [6.07, 6.45) is 1.77. The maximum absolute atomic E-state index is 13.5. The molecule has 2 rings (SSSR count). The van der Waals surface area contributed by atoms with Gasteiger partial charge in [-0.1, -0.05) is 45.0 Å². The van der Waals surface area contributed by atoms with Gasteiger partial charge in [0.15, 0.2) is 0 Å². The van der Waals surface area contributed by atoms with Crippen LogP contribution in [-0.2, 0) is 26.2 Å². The molecule has 0 spiro atoms. The first kappa shape index (κ1) is 31.1. The minimum Gasteiger partial charge on any atom is -0.492 e. The summed E-state index contributed by atoms with van der Waals surface area (Å²) < 4.78 is 45.6. The monoisotopic (exact) mass is 549 g/mol. The highest BCUT2D eigenvalue weighted by Crippen LogP contribution is 2.30. The summed E-state index contributed by atoms with van der Waals surface area (Å²) in [5, 5.41) is 2.90. The number of sulfonamides is 1. The lowest BCUT2D eigenvalue weighted by atomic mass is 10.1. The van der Waals surface area contributed by atoms with E-state index in [2.05, 4.69) is 5.32 Å². The number of ether oxygens (including phenoxy) is 1. The van der Waals surface area contributed by atoms with E-state index in [0.29, 0.717) is 36.6 Å². The molecule has 0 saturated heterocycles. The van der Waals surface area contributed by atoms with E-state index in [-0.39, 0.29) is 49.5 Å². The largest absolute Gasteiger partial charge is 0.492 e. The lowest BCUT2D eigenvalue weighted by molar-refractivity contribution is -0.141. The van der Waals surface area contributed by atoms with Gasteiger partial charge in [-0.2, -0.15) is 0 Å². The molecule has 8 nitrogen and oxygen atoms in total. The van der Waals surface area contributed by atoms with Crippen molar-refractivity contribution < 1.29 is 27.1 Å². The molecule has 38 heavy (non-hydrogen) atoms. The summed E-state index contributed by atoms with van der Waals surface area (Å²) in [6, 6.07) is 12.0. The van der Waals surface area contributed by atoms with Gasteiger partial charge in [0.1, 0.15) is 17.6 Å². The van der Waals surface area contributed by atoms with E-state index in [1.54, 1.807) is 36.4 Å². The van der Waals surface area contributed by atoms with E-state index in [1.165, 1.54) is 21.3 Å². The number of carbonyl (C=O) groups is 2. The Bertz CT molecular complexity index is 1160. The molecular weight excluding hydrogens is 509 g/mol. The van der Waals surface area contributed by atoms with Crippen molar-refractivity contribution in [2.45, 2.75) is 59.5 Å². The van der Waals surface area contributed by atoms with Crippen molar-refractivity contribution in [2.75, 3.05) is 30.3 Å². The quantitative estimate of drug-likeness (QED) is 0.356. The Balaban J connectivity index is 2.24. The zero-order chi connectivity index (χ0) is 28.3. The van der Waals surface area contributed by atoms with Crippen LogP contribution in [0.3, 0.4) is 0 Å². The third kappa shape index (κ3) is 9.31. The lowest BCUT2D eigenvalue weighted by Crippen LogP contribution is -2.49. The first-order valence-corrected chi connectivity index (χ1v) is 14.8. The molecule has 10 heteroatoms. The molecule has 1 N–H and O–H groups in total. The van der Waals surface area contributed by atoms with E-state index in [1.807, 2.05) is 27.7 Å². The second kappa shape index (κ2) is 14.7. The molecule has 0 aromatic heterocycles. The smallest absolute Gasteiger partial charge is 0.242 e. The summed E-state index contributed by atoms with van der Waals surface area (Å²) in [6.45, 7) is 8.68. The Hall–Kier alpha value is -3.14. The number of benzene rings is 2. The van der Waals surface area contributed by atoms with Crippen molar-refractivity contribution in [1.82, 2.24) is 10.2 Å². The van der Waals surface area contributed by atoms with Crippen molar-refractivity contribution >= 4 is 27.5 Å². The van der Waals surface area contributed by atoms with Gasteiger partial charge in [0, 0.05) is 26.1 Å². The molecule has 2 aromatic carbocycles. The second-order valence-electron chi connectivity index (χ2n) is 9.55. The van der Waals surface area contributed by atoms with E-state index in [4.69, 9.17) is 4.74 Å². The summed E-state index contributed by atoms with van der Waals surface area (Å²) in [5.74, 6) is -0.231. The Kier molecular flexibility index (Phi) is 12.0. The molecule has 0 radical (unpaired) electrons. The predicted molar refractivity (Wildman–Crippen MR) is 148 cm³/mol. The van der Waals surface area contributed by atoms with Gasteiger partial charge in [-0.25, -0.2) is 12.8 Å². The zero-order valence-electron chi connectivity index (χ0n) is 22.9. The Labute approximate surface area is 226 Å². The number of para-hydroxylation sites is 2. The molecule has 0 aliphatic rings. The molecule has 210 valence electrons. The average molecular weight is 550 g/mol. The van der Waals surface area contributed by atoms with Gasteiger partial charge < -0.3 is 15.0 Å². The molecule has 2 amide bonds. The van der Waals surface area contributed by atoms with Crippen LogP contribution in [0.1, 0.15) is 52.5 Å². The standard InChI is InChI=1S/C28H40FN3O5S/c1-6-24(28(34)30-19-21(3)4)31(20-22-14-16-23(29)17-15-22)27(33)13-10-18-32(38(5,35)36)25-11-8-9-12-26(25)37-7-2/h8-9,11-12,14-17,21,24H,6-7,10,13,18-20H2,1-5H3,(H,30,34)/t24-/m0/s1. The minimum atomic E-state index is -3.65. The second-order valence-corrected chi connectivity index (χ2v) is 11.5. The number of amides is 2. The summed E-state index contributed by atoms with van der Waals surface area (Å²) in [7, 11) is -3.65. The molecule has 0 fully saturated rings. The maximum Gasteiger partial charge on any atom is 0.242 e. The number of nitrogens with zero attached hydrogens (tertiary/aromatic N) is 2. The van der Waals surface area contributed by atoms with Crippen molar-refractivity contribution in [3.8, 4) is 5.75 Å². The van der Waals surface area contributed by atoms with Gasteiger partial charge in [0.25, 0.3) is 0 Å². The van der Waals surface area contributed by atoms with Crippen molar-refractivity contribution in [1.29, 1.82) is 0 Å². The van der Waals surface area contributed by atoms with Crippen LogP contribution in [0.5, 0.6) is 5.75 Å². The number of anilines is 1. The summed E-state index contributed by atoms with van der Waals surface area (Å²) >= 11 is 0. The molecule has 0 saturated carbocycles. The molecule has 0 heterocycles. The molecule has 1 atom stereocenters. The van der Waals surface area contributed by atoms with Crippen molar-refractivity contribution in [3.63, 3.8) is 0 Å². The topological polar surface area (TPSA) is 96.0 Å². The fourth-order valence-electron chi connectivity index (χ4n) is 4.05. The van der Waals surface area contributed by atoms with Crippen LogP contribution in [0.15, 0.2) is 48.5 Å². The SMILES string of the molecule is CCOc1ccccc1N(CCCC(=O)N(Cc1ccc(F)cc1)[C@@H](CC)C(=O)NCC(C)C)S(C)(=O)=O. The van der Waals surface area contributed by atoms with Gasteiger partial charge in [-0.15, -0.1) is 0 Å². The molecule has 0 aliphatic heterocycles. The van der Waals surface area contributed by atoms with Crippen LogP contribution < -0.4 is 14.4 Å². The van der Waals surface area contributed by atoms with Gasteiger partial charge in [-0.3, -0.25) is 13.9 Å². The van der Waals surface area contributed by atoms with E-state index < -0.39 is 16.1 Å². The third-order valence-electron chi connectivity index (χ3n) is 5.92. The van der Waals surface area contributed by atoms with Gasteiger partial charge in [0.05, 0.1) is 18.6 Å². The van der Waals surface area contributed by atoms with E-state index in [9.17, 15) is 22.4 Å². The molecule has 0 bridgehead atoms. The number of nitrogens with one attached hydrogen (secondary N) is 1. The predicted octanol–water partition coefficient (Wildman–Crippen LogP) is 4.35. The average Bonchev–Trinajstić information content (AvgIpc) is 2.86. The first-order valence-electron chi connectivity index (χ1n) is 13.0. The van der Waals surface area contributed by atoms with Crippen LogP contribution >= 0.6 is 0 Å². The van der Waals surface area contributed by atoms with E-state index >= 15 is 0 Å². The highest BCUT2D eigenvalue weighted by molar-refractivity contribution is 7.92. The number of rotatable bonds is 15. The number of carbonyl (C=O) groups excluding carboxylic acids is 2. The Morgan fingerprint density at radius 1 is 1.05 bits per heavy atom. The van der Waals surface area contributed by atoms with Crippen LogP contribution in [0, 0.1) is 11.7 Å². The summed E-state index contributed by atoms with van der Waals surface area (Å²) in [4.78, 5) is 28.0. The van der Waals surface area contributed by atoms with Crippen molar-refractivity contribution in [2.24, 2.45) is 5.92 Å². The molecule has 0 aliphatic carbocycles. The molecule has 0 unspecified atom stereocenters. The highest BCUT2D eigenvalue weighted by Gasteiger charge is 2.29. The molecular formula is C28H40FN3O5S. The highest BCUT2D eigenvalue weighted by atomic mass is 32.2. The van der Waals surface area contributed by atoms with Crippen LogP contribution in [0.2, 0.25) is 0 Å². The van der Waals surface area contributed by atoms with Gasteiger partial charge in [-0.05, 0) is 55.5 Å². The van der Waals surface area contributed by atoms with Crippen LogP contribution in [0.4, 0.5) is 10.1 Å². The zero-order valence-corrected chi connectivity index (χ0v) is 23.8. The number of hydrogen-bond acceptors (Lipinski definition) is 5. The minimum absolute atomic E-state index is 0.0258. The van der Waals surface area contributed by atoms with Crippen LogP contribution in [0.25, 0.3) is 0 Å². The normalized spacial score (nSPS) is 12.2. The maximum atomic E-state index is 13.5. The Morgan fingerprint density at radius 3 is 2.29 bits per heavy atom. The number of hydrogen-bond donors (Lipinski definition) is 1. The van der Waals surface area contributed by atoms with Crippen molar-refractivity contribution in [3.05, 3.63) is 59.9 Å². The first-order chi connectivity index (χ1) is 18.0. The fourth-order valence-corrected chi connectivity index (χ4v) is 5.02. The van der Waals surface area contributed by atoms with Gasteiger partial charge >= 0.3 is 0 Å². The van der Waals surface area contributed by atoms with Gasteiger partial charge in [0.2, 0.25) is 21.8 Å². The lowest BCUT2D eigenvalue weighted by Gasteiger charge is -2.31. The number of halogens is 1. The third-order valence-corrected chi connectivity index (χ3v) is 7.10. The Morgan fingerprint density at radius 2 is 1.71 bits per heavy atom. The fraction of sp³-hybridized carbons (Fsp3) is 0.500. The van der Waals surface area contributed by atoms with Crippen LogP contribution in [-0.4, -0.2) is 57.1 Å². The summed E-state index contributed by atoms with van der Waals surface area (Å²) in [5.41, 5.74) is 1.10.